The normalized spacial score (nSPS) is 40.7. The van der Waals surface area contributed by atoms with Crippen LogP contribution in [0.15, 0.2) is 4.40 Å². The summed E-state index contributed by atoms with van der Waals surface area (Å²) in [6.45, 7) is 7.63. The van der Waals surface area contributed by atoms with Crippen LogP contribution in [0, 0.1) is 0 Å². The molecule has 160 valence electrons. The maximum absolute atomic E-state index is 12.4. The highest BCUT2D eigenvalue weighted by Crippen LogP contribution is 2.47. The van der Waals surface area contributed by atoms with E-state index < -0.39 is 46.5 Å². The van der Waals surface area contributed by atoms with E-state index in [9.17, 15) is 8.42 Å². The number of likely N-dealkylation sites (tertiary alicyclic amines) is 1. The van der Waals surface area contributed by atoms with Crippen LogP contribution in [-0.4, -0.2) is 81.6 Å². The molecular formula is C17H28N2O8S. The quantitative estimate of drug-likeness (QED) is 0.652. The molecule has 0 bridgehead atoms. The van der Waals surface area contributed by atoms with Crippen molar-refractivity contribution in [1.82, 2.24) is 4.90 Å². The molecule has 0 amide bonds. The van der Waals surface area contributed by atoms with E-state index in [1.165, 1.54) is 0 Å². The van der Waals surface area contributed by atoms with Crippen LogP contribution in [0.1, 0.15) is 40.5 Å². The summed E-state index contributed by atoms with van der Waals surface area (Å²) in [4.78, 5) is 1.80. The second kappa shape index (κ2) is 6.59. The zero-order valence-corrected chi connectivity index (χ0v) is 17.7. The lowest BCUT2D eigenvalue weighted by atomic mass is 9.98. The number of ether oxygens (including phenoxy) is 5. The Labute approximate surface area is 165 Å². The molecule has 3 unspecified atom stereocenters. The van der Waals surface area contributed by atoms with Gasteiger partial charge in [-0.2, -0.15) is 8.42 Å². The Bertz CT molecular complexity index is 767. The summed E-state index contributed by atoms with van der Waals surface area (Å²) >= 11 is 0. The van der Waals surface area contributed by atoms with Crippen LogP contribution in [0.2, 0.25) is 0 Å². The van der Waals surface area contributed by atoms with Gasteiger partial charge in [-0.3, -0.25) is 0 Å². The Morgan fingerprint density at radius 2 is 1.93 bits per heavy atom. The molecule has 4 heterocycles. The minimum absolute atomic E-state index is 0.171. The van der Waals surface area contributed by atoms with Gasteiger partial charge < -0.3 is 28.6 Å². The SMILES string of the molecule is CN1CCC/C1=N/S(=O)(=O)OC[C@@]12OCC3OC(C)(C)OC3C1OC(C)(C)O2. The van der Waals surface area contributed by atoms with Gasteiger partial charge in [0.15, 0.2) is 11.6 Å². The maximum Gasteiger partial charge on any atom is 0.382 e. The van der Waals surface area contributed by atoms with E-state index in [2.05, 4.69) is 4.40 Å². The highest BCUT2D eigenvalue weighted by atomic mass is 32.2. The van der Waals surface area contributed by atoms with Crippen molar-refractivity contribution in [2.45, 2.75) is 76.2 Å². The van der Waals surface area contributed by atoms with Crippen molar-refractivity contribution < 1.29 is 36.3 Å². The second-order valence-electron chi connectivity index (χ2n) is 8.52. The van der Waals surface area contributed by atoms with Crippen LogP contribution >= 0.6 is 0 Å². The Morgan fingerprint density at radius 3 is 2.61 bits per heavy atom. The predicted molar refractivity (Wildman–Crippen MR) is 96.7 cm³/mol. The first-order chi connectivity index (χ1) is 12.9. The number of amidine groups is 1. The van der Waals surface area contributed by atoms with Crippen LogP contribution in [-0.2, 0) is 38.2 Å². The van der Waals surface area contributed by atoms with Gasteiger partial charge >= 0.3 is 10.3 Å². The summed E-state index contributed by atoms with van der Waals surface area (Å²) in [6.07, 6.45) is -0.0554. The van der Waals surface area contributed by atoms with Crippen LogP contribution in [0.25, 0.3) is 0 Å². The maximum atomic E-state index is 12.4. The smallest absolute Gasteiger partial charge is 0.362 e. The van der Waals surface area contributed by atoms with Gasteiger partial charge in [0.1, 0.15) is 30.8 Å². The Hall–Kier alpha value is -0.820. The van der Waals surface area contributed by atoms with Gasteiger partial charge in [0.05, 0.1) is 6.61 Å². The van der Waals surface area contributed by atoms with Crippen molar-refractivity contribution in [2.75, 3.05) is 26.8 Å². The molecule has 4 aliphatic rings. The molecule has 28 heavy (non-hydrogen) atoms. The summed E-state index contributed by atoms with van der Waals surface area (Å²) in [5, 5.41) is 0. The molecule has 4 fully saturated rings. The molecule has 4 aliphatic heterocycles. The third-order valence-corrected chi connectivity index (χ3v) is 6.09. The first-order valence-electron chi connectivity index (χ1n) is 9.47. The lowest BCUT2D eigenvalue weighted by Crippen LogP contribution is -2.60. The average Bonchev–Trinajstić information content (AvgIpc) is 3.18. The summed E-state index contributed by atoms with van der Waals surface area (Å²) < 4.78 is 63.6. The number of hydrogen-bond donors (Lipinski definition) is 0. The van der Waals surface area contributed by atoms with E-state index in [4.69, 9.17) is 27.9 Å². The lowest BCUT2D eigenvalue weighted by molar-refractivity contribution is -0.290. The minimum Gasteiger partial charge on any atom is -0.362 e. The fourth-order valence-electron chi connectivity index (χ4n) is 4.17. The van der Waals surface area contributed by atoms with E-state index in [1.807, 2.05) is 13.8 Å². The number of fused-ring (bicyclic) bond motifs is 3. The molecule has 4 rings (SSSR count). The Balaban J connectivity index is 1.54. The van der Waals surface area contributed by atoms with E-state index in [0.29, 0.717) is 12.3 Å². The molecule has 0 N–H and O–H groups in total. The van der Waals surface area contributed by atoms with Crippen LogP contribution in [0.5, 0.6) is 0 Å². The molecule has 11 heteroatoms. The van der Waals surface area contributed by atoms with Crippen molar-refractivity contribution >= 4 is 16.1 Å². The zero-order valence-electron chi connectivity index (χ0n) is 16.8. The molecule has 4 atom stereocenters. The van der Waals surface area contributed by atoms with Crippen molar-refractivity contribution in [2.24, 2.45) is 4.40 Å². The third-order valence-electron chi connectivity index (χ3n) is 5.24. The molecule has 0 radical (unpaired) electrons. The lowest BCUT2D eigenvalue weighted by Gasteiger charge is -2.40. The first-order valence-corrected chi connectivity index (χ1v) is 10.8. The molecule has 0 spiro atoms. The topological polar surface area (TPSA) is 105 Å². The number of hydrogen-bond acceptors (Lipinski definition) is 8. The molecule has 0 saturated carbocycles. The van der Waals surface area contributed by atoms with Crippen molar-refractivity contribution in [3.8, 4) is 0 Å². The molecule has 0 aromatic carbocycles. The average molecular weight is 420 g/mol. The van der Waals surface area contributed by atoms with Gasteiger partial charge in [-0.15, -0.1) is 4.40 Å². The Kier molecular flexibility index (Phi) is 4.82. The van der Waals surface area contributed by atoms with Gasteiger partial charge in [0.2, 0.25) is 5.79 Å². The molecule has 0 aliphatic carbocycles. The monoisotopic (exact) mass is 420 g/mol. The van der Waals surface area contributed by atoms with Gasteiger partial charge in [0, 0.05) is 20.0 Å². The van der Waals surface area contributed by atoms with Gasteiger partial charge in [0.25, 0.3) is 0 Å². The van der Waals surface area contributed by atoms with Gasteiger partial charge in [-0.05, 0) is 34.1 Å². The highest BCUT2D eigenvalue weighted by molar-refractivity contribution is 7.85. The molecule has 0 aromatic heterocycles. The molecule has 4 saturated heterocycles. The number of rotatable bonds is 4. The van der Waals surface area contributed by atoms with Crippen LogP contribution in [0.3, 0.4) is 0 Å². The largest absolute Gasteiger partial charge is 0.382 e. The molecule has 10 nitrogen and oxygen atoms in total. The number of nitrogens with zero attached hydrogens (tertiary/aromatic N) is 2. The fourth-order valence-corrected chi connectivity index (χ4v) is 5.02. The van der Waals surface area contributed by atoms with Crippen molar-refractivity contribution in [1.29, 1.82) is 0 Å². The second-order valence-corrected chi connectivity index (χ2v) is 9.80. The van der Waals surface area contributed by atoms with Crippen LogP contribution < -0.4 is 0 Å². The van der Waals surface area contributed by atoms with E-state index >= 15 is 0 Å². The van der Waals surface area contributed by atoms with E-state index in [0.717, 1.165) is 13.0 Å². The van der Waals surface area contributed by atoms with Gasteiger partial charge in [-0.25, -0.2) is 4.18 Å². The third kappa shape index (κ3) is 3.81. The first kappa shape index (κ1) is 20.5. The zero-order chi connectivity index (χ0) is 20.4. The minimum atomic E-state index is -4.16. The molecular weight excluding hydrogens is 392 g/mol. The highest BCUT2D eigenvalue weighted by Gasteiger charge is 2.65. The van der Waals surface area contributed by atoms with Crippen molar-refractivity contribution in [3.05, 3.63) is 0 Å². The van der Waals surface area contributed by atoms with E-state index in [-0.39, 0.29) is 12.7 Å². The van der Waals surface area contributed by atoms with Crippen LogP contribution in [0.4, 0.5) is 0 Å². The fraction of sp³-hybridized carbons (Fsp3) is 0.941. The van der Waals surface area contributed by atoms with Gasteiger partial charge in [-0.1, -0.05) is 0 Å². The summed E-state index contributed by atoms with van der Waals surface area (Å²) in [5.74, 6) is -2.74. The molecule has 0 aromatic rings. The van der Waals surface area contributed by atoms with Crippen molar-refractivity contribution in [3.63, 3.8) is 0 Å². The summed E-state index contributed by atoms with van der Waals surface area (Å²) in [7, 11) is -2.36. The predicted octanol–water partition coefficient (Wildman–Crippen LogP) is 0.770. The summed E-state index contributed by atoms with van der Waals surface area (Å²) in [5.41, 5.74) is 0. The Morgan fingerprint density at radius 1 is 1.18 bits per heavy atom. The summed E-state index contributed by atoms with van der Waals surface area (Å²) in [6, 6.07) is 0. The standard InChI is InChI=1S/C17H28N2O8S/c1-15(2)24-11-9-22-17(14(13(11)25-15)26-16(3,4)27-17)10-23-28(20,21)18-12-7-6-8-19(12)5/h11,13-14H,6-10H2,1-5H3/b18-12-/t11?,13?,14?,17-/m0/s1. The van der Waals surface area contributed by atoms with E-state index in [1.54, 1.807) is 25.8 Å².